The second-order valence-electron chi connectivity index (χ2n) is 3.87. The number of rotatable bonds is 4. The third-order valence-electron chi connectivity index (χ3n) is 2.50. The molecule has 0 atom stereocenters. The van der Waals surface area contributed by atoms with E-state index in [4.69, 9.17) is 0 Å². The zero-order valence-electron chi connectivity index (χ0n) is 9.79. The fourth-order valence-corrected chi connectivity index (χ4v) is 1.46. The molecular weight excluding hydrogens is 186 g/mol. The normalized spacial score (nSPS) is 19.7. The Bertz CT molecular complexity index is 260. The fraction of sp³-hybridized carbons (Fsp3) is 0.583. The lowest BCUT2D eigenvalue weighted by Gasteiger charge is -2.27. The van der Waals surface area contributed by atoms with Crippen molar-refractivity contribution < 1.29 is 0 Å². The van der Waals surface area contributed by atoms with Crippen LogP contribution in [0.1, 0.15) is 13.8 Å². The summed E-state index contributed by atoms with van der Waals surface area (Å²) in [6.07, 6.45) is 3.87. The van der Waals surface area contributed by atoms with Crippen LogP contribution in [0.4, 0.5) is 0 Å². The SMILES string of the molecule is C=C(C=N/C(C)=C\C)CN1CCNCC1. The number of nitrogens with one attached hydrogen (secondary N) is 1. The first-order valence-electron chi connectivity index (χ1n) is 5.50. The molecule has 0 radical (unpaired) electrons. The molecule has 3 heteroatoms. The Morgan fingerprint density at radius 2 is 2.13 bits per heavy atom. The standard InChI is InChI=1S/C12H21N3/c1-4-12(3)14-9-11(2)10-15-7-5-13-6-8-15/h4,9,13H,2,5-8,10H2,1,3H3/b12-4-,14-9?. The van der Waals surface area contributed by atoms with Gasteiger partial charge in [-0.25, -0.2) is 0 Å². The van der Waals surface area contributed by atoms with Crippen LogP contribution in [0.5, 0.6) is 0 Å². The Hall–Kier alpha value is -0.930. The van der Waals surface area contributed by atoms with E-state index in [1.165, 1.54) is 0 Å². The number of hydrogen-bond acceptors (Lipinski definition) is 3. The molecule has 0 saturated carbocycles. The summed E-state index contributed by atoms with van der Waals surface area (Å²) < 4.78 is 0. The van der Waals surface area contributed by atoms with E-state index in [9.17, 15) is 0 Å². The molecule has 1 aliphatic heterocycles. The second kappa shape index (κ2) is 6.53. The summed E-state index contributed by atoms with van der Waals surface area (Å²) in [5.41, 5.74) is 2.12. The van der Waals surface area contributed by atoms with E-state index in [0.29, 0.717) is 0 Å². The summed E-state index contributed by atoms with van der Waals surface area (Å²) >= 11 is 0. The third kappa shape index (κ3) is 4.91. The maximum absolute atomic E-state index is 4.30. The predicted octanol–water partition coefficient (Wildman–Crippen LogP) is 1.44. The lowest BCUT2D eigenvalue weighted by Crippen LogP contribution is -2.44. The van der Waals surface area contributed by atoms with Crippen LogP contribution in [0.25, 0.3) is 0 Å². The first-order valence-corrected chi connectivity index (χ1v) is 5.50. The molecule has 1 N–H and O–H groups in total. The number of aliphatic imine (C=N–C) groups is 1. The number of nitrogens with zero attached hydrogens (tertiary/aromatic N) is 2. The summed E-state index contributed by atoms with van der Waals surface area (Å²) in [5, 5.41) is 3.33. The summed E-state index contributed by atoms with van der Waals surface area (Å²) in [5.74, 6) is 0. The highest BCUT2D eigenvalue weighted by atomic mass is 15.2. The van der Waals surface area contributed by atoms with Gasteiger partial charge in [0.05, 0.1) is 0 Å². The van der Waals surface area contributed by atoms with Crippen LogP contribution in [-0.2, 0) is 0 Å². The molecule has 0 aromatic rings. The van der Waals surface area contributed by atoms with Crippen LogP contribution in [0.15, 0.2) is 28.9 Å². The van der Waals surface area contributed by atoms with E-state index >= 15 is 0 Å². The molecular formula is C12H21N3. The van der Waals surface area contributed by atoms with Gasteiger partial charge in [0.25, 0.3) is 0 Å². The van der Waals surface area contributed by atoms with E-state index in [1.54, 1.807) is 0 Å². The topological polar surface area (TPSA) is 27.6 Å². The Balaban J connectivity index is 2.31. The van der Waals surface area contributed by atoms with Crippen LogP contribution in [-0.4, -0.2) is 43.8 Å². The largest absolute Gasteiger partial charge is 0.314 e. The van der Waals surface area contributed by atoms with Gasteiger partial charge in [0, 0.05) is 44.6 Å². The van der Waals surface area contributed by atoms with Gasteiger partial charge in [-0.1, -0.05) is 12.7 Å². The smallest absolute Gasteiger partial charge is 0.0330 e. The van der Waals surface area contributed by atoms with E-state index in [1.807, 2.05) is 26.1 Å². The van der Waals surface area contributed by atoms with Gasteiger partial charge in [-0.15, -0.1) is 0 Å². The quantitative estimate of drug-likeness (QED) is 0.706. The highest BCUT2D eigenvalue weighted by Gasteiger charge is 2.08. The van der Waals surface area contributed by atoms with Crippen molar-refractivity contribution >= 4 is 6.21 Å². The van der Waals surface area contributed by atoms with Crippen LogP contribution in [0.3, 0.4) is 0 Å². The third-order valence-corrected chi connectivity index (χ3v) is 2.50. The molecule has 84 valence electrons. The van der Waals surface area contributed by atoms with Crippen molar-refractivity contribution in [1.82, 2.24) is 10.2 Å². The first-order chi connectivity index (χ1) is 7.22. The minimum atomic E-state index is 0.933. The van der Waals surface area contributed by atoms with Gasteiger partial charge in [0.15, 0.2) is 0 Å². The molecule has 0 unspecified atom stereocenters. The van der Waals surface area contributed by atoms with Crippen molar-refractivity contribution in [2.24, 2.45) is 4.99 Å². The van der Waals surface area contributed by atoms with Crippen molar-refractivity contribution in [3.05, 3.63) is 23.9 Å². The van der Waals surface area contributed by atoms with Crippen LogP contribution in [0, 0.1) is 0 Å². The highest BCUT2D eigenvalue weighted by molar-refractivity contribution is 5.78. The van der Waals surface area contributed by atoms with Gasteiger partial charge < -0.3 is 5.32 Å². The van der Waals surface area contributed by atoms with Crippen molar-refractivity contribution in [2.75, 3.05) is 32.7 Å². The minimum Gasteiger partial charge on any atom is -0.314 e. The molecule has 1 fully saturated rings. The van der Waals surface area contributed by atoms with Crippen molar-refractivity contribution in [3.63, 3.8) is 0 Å². The lowest BCUT2D eigenvalue weighted by atomic mass is 10.2. The Morgan fingerprint density at radius 3 is 2.73 bits per heavy atom. The molecule has 0 aromatic heterocycles. The van der Waals surface area contributed by atoms with Gasteiger partial charge in [0.1, 0.15) is 0 Å². The zero-order valence-corrected chi connectivity index (χ0v) is 9.79. The lowest BCUT2D eigenvalue weighted by molar-refractivity contribution is 0.262. The monoisotopic (exact) mass is 207 g/mol. The maximum atomic E-state index is 4.30. The molecule has 15 heavy (non-hydrogen) atoms. The average Bonchev–Trinajstić information content (AvgIpc) is 2.27. The average molecular weight is 207 g/mol. The Labute approximate surface area is 92.6 Å². The summed E-state index contributed by atoms with van der Waals surface area (Å²) in [6, 6.07) is 0. The maximum Gasteiger partial charge on any atom is 0.0330 e. The van der Waals surface area contributed by atoms with Gasteiger partial charge in [-0.3, -0.25) is 9.89 Å². The van der Waals surface area contributed by atoms with Crippen LogP contribution >= 0.6 is 0 Å². The predicted molar refractivity (Wildman–Crippen MR) is 66.4 cm³/mol. The highest BCUT2D eigenvalue weighted by Crippen LogP contribution is 1.99. The summed E-state index contributed by atoms with van der Waals surface area (Å²) in [6.45, 7) is 13.3. The second-order valence-corrected chi connectivity index (χ2v) is 3.87. The molecule has 0 amide bonds. The molecule has 1 heterocycles. The van der Waals surface area contributed by atoms with Gasteiger partial charge >= 0.3 is 0 Å². The van der Waals surface area contributed by atoms with Crippen molar-refractivity contribution in [1.29, 1.82) is 0 Å². The molecule has 3 nitrogen and oxygen atoms in total. The molecule has 0 spiro atoms. The van der Waals surface area contributed by atoms with Gasteiger partial charge in [0.2, 0.25) is 0 Å². The number of piperazine rings is 1. The molecule has 0 aliphatic carbocycles. The van der Waals surface area contributed by atoms with Gasteiger partial charge in [-0.2, -0.15) is 0 Å². The van der Waals surface area contributed by atoms with Gasteiger partial charge in [-0.05, 0) is 19.4 Å². The molecule has 1 rings (SSSR count). The minimum absolute atomic E-state index is 0.933. The van der Waals surface area contributed by atoms with E-state index in [0.717, 1.165) is 44.0 Å². The van der Waals surface area contributed by atoms with Crippen molar-refractivity contribution in [3.8, 4) is 0 Å². The number of hydrogen-bond donors (Lipinski definition) is 1. The van der Waals surface area contributed by atoms with E-state index < -0.39 is 0 Å². The summed E-state index contributed by atoms with van der Waals surface area (Å²) in [7, 11) is 0. The van der Waals surface area contributed by atoms with Crippen LogP contribution < -0.4 is 5.32 Å². The fourth-order valence-electron chi connectivity index (χ4n) is 1.46. The van der Waals surface area contributed by atoms with E-state index in [2.05, 4.69) is 21.8 Å². The molecule has 1 saturated heterocycles. The number of allylic oxidation sites excluding steroid dienone is 2. The molecule has 0 bridgehead atoms. The Morgan fingerprint density at radius 1 is 1.47 bits per heavy atom. The van der Waals surface area contributed by atoms with Crippen LogP contribution in [0.2, 0.25) is 0 Å². The first kappa shape index (κ1) is 12.1. The van der Waals surface area contributed by atoms with E-state index in [-0.39, 0.29) is 0 Å². The zero-order chi connectivity index (χ0) is 11.1. The van der Waals surface area contributed by atoms with Crippen molar-refractivity contribution in [2.45, 2.75) is 13.8 Å². The molecule has 1 aliphatic rings. The molecule has 0 aromatic carbocycles. The summed E-state index contributed by atoms with van der Waals surface area (Å²) in [4.78, 5) is 6.70. The Kier molecular flexibility index (Phi) is 5.29.